The molecule has 7 heteroatoms. The van der Waals surface area contributed by atoms with Crippen LogP contribution in [0, 0.1) is 4.77 Å². The number of hydrogen-bond donors (Lipinski definition) is 2. The number of allylic oxidation sites excluding steroid dienone is 1. The van der Waals surface area contributed by atoms with Crippen molar-refractivity contribution in [2.75, 3.05) is 0 Å². The SMILES string of the molecule is CC(C)=C(F)C(=O)NCc1n[nH]c(=S)n1C. The van der Waals surface area contributed by atoms with Gasteiger partial charge in [0.1, 0.15) is 0 Å². The number of carbonyl (C=O) groups is 1. The molecule has 2 N–H and O–H groups in total. The first-order valence-corrected chi connectivity index (χ1v) is 5.05. The first-order valence-electron chi connectivity index (χ1n) is 4.65. The van der Waals surface area contributed by atoms with Crippen molar-refractivity contribution in [1.29, 1.82) is 0 Å². The Balaban J connectivity index is 2.66. The lowest BCUT2D eigenvalue weighted by Crippen LogP contribution is -2.25. The summed E-state index contributed by atoms with van der Waals surface area (Å²) in [4.78, 5) is 11.3. The zero-order valence-electron chi connectivity index (χ0n) is 9.30. The third-order valence-electron chi connectivity index (χ3n) is 2.02. The van der Waals surface area contributed by atoms with Gasteiger partial charge in [0.05, 0.1) is 6.54 Å². The maximum absolute atomic E-state index is 13.1. The third-order valence-corrected chi connectivity index (χ3v) is 2.38. The molecule has 0 fully saturated rings. The standard InChI is InChI=1S/C9H13FN4OS/c1-5(2)7(10)8(15)11-4-6-12-13-9(16)14(6)3/h4H2,1-3H3,(H,11,15)(H,13,16). The second-order valence-corrected chi connectivity index (χ2v) is 3.89. The van der Waals surface area contributed by atoms with Gasteiger partial charge in [-0.05, 0) is 31.6 Å². The van der Waals surface area contributed by atoms with E-state index < -0.39 is 11.7 Å². The predicted molar refractivity (Wildman–Crippen MR) is 59.7 cm³/mol. The molecule has 1 rings (SSSR count). The van der Waals surface area contributed by atoms with Gasteiger partial charge in [-0.25, -0.2) is 4.39 Å². The largest absolute Gasteiger partial charge is 0.343 e. The Bertz CT molecular complexity index is 484. The molecular weight excluding hydrogens is 231 g/mol. The molecule has 1 aromatic heterocycles. The van der Waals surface area contributed by atoms with Gasteiger partial charge in [-0.3, -0.25) is 9.89 Å². The average molecular weight is 244 g/mol. The summed E-state index contributed by atoms with van der Waals surface area (Å²) in [5, 5.41) is 8.87. The minimum atomic E-state index is -0.767. The molecule has 0 unspecified atom stereocenters. The maximum Gasteiger partial charge on any atom is 0.280 e. The monoisotopic (exact) mass is 244 g/mol. The third kappa shape index (κ3) is 2.75. The van der Waals surface area contributed by atoms with Crippen LogP contribution in [0.15, 0.2) is 11.4 Å². The van der Waals surface area contributed by atoms with Crippen molar-refractivity contribution < 1.29 is 9.18 Å². The molecule has 0 aliphatic carbocycles. The number of H-pyrrole nitrogens is 1. The van der Waals surface area contributed by atoms with Crippen molar-refractivity contribution >= 4 is 18.1 Å². The molecule has 0 atom stereocenters. The summed E-state index contributed by atoms with van der Waals surface area (Å²) in [5.74, 6) is -0.967. The van der Waals surface area contributed by atoms with Gasteiger partial charge in [-0.1, -0.05) is 0 Å². The van der Waals surface area contributed by atoms with Gasteiger partial charge in [0.2, 0.25) is 0 Å². The van der Waals surface area contributed by atoms with Crippen LogP contribution in [0.25, 0.3) is 0 Å². The van der Waals surface area contributed by atoms with E-state index in [9.17, 15) is 9.18 Å². The number of hydrogen-bond acceptors (Lipinski definition) is 3. The summed E-state index contributed by atoms with van der Waals surface area (Å²) >= 11 is 4.90. The fourth-order valence-corrected chi connectivity index (χ4v) is 1.15. The van der Waals surface area contributed by atoms with Gasteiger partial charge < -0.3 is 9.88 Å². The normalized spacial score (nSPS) is 10.0. The highest BCUT2D eigenvalue weighted by atomic mass is 32.1. The smallest absolute Gasteiger partial charge is 0.280 e. The molecule has 1 amide bonds. The van der Waals surface area contributed by atoms with E-state index in [1.165, 1.54) is 13.8 Å². The zero-order chi connectivity index (χ0) is 12.3. The van der Waals surface area contributed by atoms with Crippen molar-refractivity contribution in [3.05, 3.63) is 22.0 Å². The molecule has 88 valence electrons. The van der Waals surface area contributed by atoms with E-state index in [0.29, 0.717) is 16.2 Å². The van der Waals surface area contributed by atoms with E-state index in [1.807, 2.05) is 0 Å². The fraction of sp³-hybridized carbons (Fsp3) is 0.444. The molecule has 0 aliphatic rings. The van der Waals surface area contributed by atoms with E-state index in [-0.39, 0.29) is 6.54 Å². The molecule has 1 aromatic rings. The molecule has 0 saturated heterocycles. The molecule has 0 bridgehead atoms. The second kappa shape index (κ2) is 5.02. The van der Waals surface area contributed by atoms with Crippen molar-refractivity contribution in [2.45, 2.75) is 20.4 Å². The van der Waals surface area contributed by atoms with E-state index in [4.69, 9.17) is 12.2 Å². The van der Waals surface area contributed by atoms with Crippen LogP contribution in [-0.4, -0.2) is 20.7 Å². The summed E-state index contributed by atoms with van der Waals surface area (Å²) < 4.78 is 15.2. The first-order chi connectivity index (χ1) is 7.43. The topological polar surface area (TPSA) is 62.7 Å². The minimum absolute atomic E-state index is 0.128. The van der Waals surface area contributed by atoms with E-state index >= 15 is 0 Å². The van der Waals surface area contributed by atoms with Crippen LogP contribution in [-0.2, 0) is 18.4 Å². The molecular formula is C9H13FN4OS. The number of halogens is 1. The maximum atomic E-state index is 13.1. The number of carbonyl (C=O) groups excluding carboxylic acids is 1. The zero-order valence-corrected chi connectivity index (χ0v) is 10.1. The van der Waals surface area contributed by atoms with E-state index in [2.05, 4.69) is 15.5 Å². The van der Waals surface area contributed by atoms with Crippen molar-refractivity contribution in [2.24, 2.45) is 7.05 Å². The summed E-state index contributed by atoms with van der Waals surface area (Å²) in [7, 11) is 1.71. The van der Waals surface area contributed by atoms with E-state index in [1.54, 1.807) is 11.6 Å². The number of rotatable bonds is 3. The summed E-state index contributed by atoms with van der Waals surface area (Å²) in [5.41, 5.74) is 0.341. The lowest BCUT2D eigenvalue weighted by atomic mass is 10.3. The number of nitrogens with zero attached hydrogens (tertiary/aromatic N) is 2. The lowest BCUT2D eigenvalue weighted by molar-refractivity contribution is -0.119. The second-order valence-electron chi connectivity index (χ2n) is 3.50. The predicted octanol–water partition coefficient (Wildman–Crippen LogP) is 1.36. The first kappa shape index (κ1) is 12.6. The lowest BCUT2D eigenvalue weighted by Gasteiger charge is -2.03. The number of aromatic nitrogens is 3. The van der Waals surface area contributed by atoms with Crippen molar-refractivity contribution in [1.82, 2.24) is 20.1 Å². The highest BCUT2D eigenvalue weighted by Gasteiger charge is 2.11. The number of nitrogens with one attached hydrogen (secondary N) is 2. The molecule has 0 aromatic carbocycles. The Morgan fingerprint density at radius 1 is 1.62 bits per heavy atom. The van der Waals surface area contributed by atoms with Crippen LogP contribution in [0.3, 0.4) is 0 Å². The van der Waals surface area contributed by atoms with Crippen LogP contribution in [0.2, 0.25) is 0 Å². The van der Waals surface area contributed by atoms with E-state index in [0.717, 1.165) is 0 Å². The van der Waals surface area contributed by atoms with Crippen LogP contribution in [0.5, 0.6) is 0 Å². The van der Waals surface area contributed by atoms with Gasteiger partial charge in [0.15, 0.2) is 16.4 Å². The number of amides is 1. The Morgan fingerprint density at radius 3 is 2.69 bits per heavy atom. The van der Waals surface area contributed by atoms with Crippen molar-refractivity contribution in [3.63, 3.8) is 0 Å². The molecule has 0 aliphatic heterocycles. The van der Waals surface area contributed by atoms with Crippen LogP contribution >= 0.6 is 12.2 Å². The quantitative estimate of drug-likeness (QED) is 0.623. The van der Waals surface area contributed by atoms with Gasteiger partial charge >= 0.3 is 0 Å². The summed E-state index contributed by atoms with van der Waals surface area (Å²) in [6.45, 7) is 3.19. The van der Waals surface area contributed by atoms with Crippen molar-refractivity contribution in [3.8, 4) is 0 Å². The Morgan fingerprint density at radius 2 is 2.25 bits per heavy atom. The highest BCUT2D eigenvalue weighted by molar-refractivity contribution is 7.71. The number of aromatic amines is 1. The van der Waals surface area contributed by atoms with Gasteiger partial charge in [0.25, 0.3) is 5.91 Å². The van der Waals surface area contributed by atoms with Gasteiger partial charge in [-0.15, -0.1) is 0 Å². The Kier molecular flexibility index (Phi) is 3.94. The van der Waals surface area contributed by atoms with Gasteiger partial charge in [-0.2, -0.15) is 5.10 Å². The molecule has 0 radical (unpaired) electrons. The molecule has 1 heterocycles. The molecule has 5 nitrogen and oxygen atoms in total. The highest BCUT2D eigenvalue weighted by Crippen LogP contribution is 2.04. The van der Waals surface area contributed by atoms with Crippen LogP contribution in [0.4, 0.5) is 4.39 Å². The fourth-order valence-electron chi connectivity index (χ4n) is 1.00. The van der Waals surface area contributed by atoms with Gasteiger partial charge in [0, 0.05) is 7.05 Å². The molecule has 16 heavy (non-hydrogen) atoms. The molecule has 0 spiro atoms. The van der Waals surface area contributed by atoms with Crippen LogP contribution < -0.4 is 5.32 Å². The Hall–Kier alpha value is -1.50. The summed E-state index contributed by atoms with van der Waals surface area (Å²) in [6.07, 6.45) is 0. The Labute approximate surface area is 97.4 Å². The summed E-state index contributed by atoms with van der Waals surface area (Å²) in [6, 6.07) is 0. The average Bonchev–Trinajstić information content (AvgIpc) is 2.55. The minimum Gasteiger partial charge on any atom is -0.343 e. The molecule has 0 saturated carbocycles. The van der Waals surface area contributed by atoms with Crippen LogP contribution in [0.1, 0.15) is 19.7 Å².